The van der Waals surface area contributed by atoms with Crippen molar-refractivity contribution >= 4 is 33.0 Å². The molecule has 1 amide bonds. The van der Waals surface area contributed by atoms with Gasteiger partial charge in [-0.1, -0.05) is 12.1 Å². The molecule has 0 aliphatic rings. The first-order valence-electron chi connectivity index (χ1n) is 8.84. The number of non-ortho nitro benzene ring substituents is 1. The zero-order valence-corrected chi connectivity index (χ0v) is 18.2. The second-order valence-electron chi connectivity index (χ2n) is 6.35. The molecule has 2 aromatic carbocycles. The Kier molecular flexibility index (Phi) is 7.53. The second-order valence-corrected chi connectivity index (χ2v) is 8.26. The van der Waals surface area contributed by atoms with Crippen molar-refractivity contribution in [3.8, 4) is 11.5 Å². The summed E-state index contributed by atoms with van der Waals surface area (Å²) in [5.74, 6) is -0.0000759. The molecule has 0 saturated heterocycles. The van der Waals surface area contributed by atoms with Crippen LogP contribution in [0.5, 0.6) is 11.5 Å². The molecule has 2 rings (SSSR count). The lowest BCUT2D eigenvalue weighted by molar-refractivity contribution is -0.384. The van der Waals surface area contributed by atoms with Crippen LogP contribution < -0.4 is 19.2 Å². The summed E-state index contributed by atoms with van der Waals surface area (Å²) in [4.78, 5) is 22.7. The van der Waals surface area contributed by atoms with Crippen molar-refractivity contribution in [1.29, 1.82) is 0 Å². The third-order valence-electron chi connectivity index (χ3n) is 4.17. The number of carbonyl (C=O) groups excluding carboxylic acids is 1. The molecule has 0 aliphatic carbocycles. The Hall–Kier alpha value is -3.67. The Balaban J connectivity index is 2.21. The van der Waals surface area contributed by atoms with Gasteiger partial charge in [0.25, 0.3) is 11.6 Å². The van der Waals surface area contributed by atoms with Crippen molar-refractivity contribution in [3.05, 3.63) is 58.1 Å². The molecule has 0 spiro atoms. The second kappa shape index (κ2) is 9.89. The van der Waals surface area contributed by atoms with Crippen molar-refractivity contribution in [2.24, 2.45) is 5.10 Å². The van der Waals surface area contributed by atoms with E-state index in [0.29, 0.717) is 22.8 Å². The highest BCUT2D eigenvalue weighted by Gasteiger charge is 2.22. The maximum atomic E-state index is 12.4. The number of hydrogen-bond acceptors (Lipinski definition) is 8. The number of amides is 1. The minimum Gasteiger partial charge on any atom is -0.493 e. The molecule has 0 radical (unpaired) electrons. The summed E-state index contributed by atoms with van der Waals surface area (Å²) in [7, 11) is -0.958. The number of ether oxygens (including phenoxy) is 2. The minimum atomic E-state index is -3.81. The zero-order chi connectivity index (χ0) is 23.2. The maximum Gasteiger partial charge on any atom is 0.270 e. The standard InChI is InChI=1S/C19H22N4O7S/c1-13(14-6-5-7-16(10-14)23(25)26)20-21-19(24)12-22(31(4,27)28)15-8-9-17(29-2)18(11-15)30-3/h5-11H,12H2,1-4H3,(H,21,24)/b20-13-. The van der Waals surface area contributed by atoms with E-state index in [-0.39, 0.29) is 11.4 Å². The molecule has 166 valence electrons. The number of nitro groups is 1. The van der Waals surface area contributed by atoms with Crippen molar-refractivity contribution in [1.82, 2.24) is 5.43 Å². The van der Waals surface area contributed by atoms with Gasteiger partial charge in [0.05, 0.1) is 36.8 Å². The van der Waals surface area contributed by atoms with Crippen molar-refractivity contribution in [2.45, 2.75) is 6.92 Å². The molecule has 0 unspecified atom stereocenters. The lowest BCUT2D eigenvalue weighted by Gasteiger charge is -2.22. The highest BCUT2D eigenvalue weighted by Crippen LogP contribution is 2.32. The number of nitrogens with zero attached hydrogens (tertiary/aromatic N) is 3. The number of nitro benzene ring substituents is 1. The number of anilines is 1. The highest BCUT2D eigenvalue weighted by molar-refractivity contribution is 7.92. The van der Waals surface area contributed by atoms with Crippen LogP contribution in [0.3, 0.4) is 0 Å². The van der Waals surface area contributed by atoms with Gasteiger partial charge in [-0.05, 0) is 19.1 Å². The van der Waals surface area contributed by atoms with Gasteiger partial charge in [-0.15, -0.1) is 0 Å². The van der Waals surface area contributed by atoms with Gasteiger partial charge in [-0.2, -0.15) is 5.10 Å². The SMILES string of the molecule is COc1ccc(N(CC(=O)N/N=C(/C)c2cccc([N+](=O)[O-])c2)S(C)(=O)=O)cc1OC. The van der Waals surface area contributed by atoms with Crippen LogP contribution in [-0.4, -0.2) is 52.0 Å². The fourth-order valence-electron chi connectivity index (χ4n) is 2.60. The van der Waals surface area contributed by atoms with E-state index in [4.69, 9.17) is 9.47 Å². The van der Waals surface area contributed by atoms with Gasteiger partial charge >= 0.3 is 0 Å². The zero-order valence-electron chi connectivity index (χ0n) is 17.4. The fourth-order valence-corrected chi connectivity index (χ4v) is 3.45. The van der Waals surface area contributed by atoms with E-state index in [0.717, 1.165) is 10.6 Å². The maximum absolute atomic E-state index is 12.4. The lowest BCUT2D eigenvalue weighted by atomic mass is 10.1. The molecular formula is C19H22N4O7S. The van der Waals surface area contributed by atoms with Gasteiger partial charge < -0.3 is 9.47 Å². The van der Waals surface area contributed by atoms with Crippen LogP contribution in [-0.2, 0) is 14.8 Å². The largest absolute Gasteiger partial charge is 0.493 e. The molecule has 0 atom stereocenters. The third kappa shape index (κ3) is 6.15. The van der Waals surface area contributed by atoms with E-state index in [1.165, 1.54) is 50.6 Å². The fraction of sp³-hybridized carbons (Fsp3) is 0.263. The summed E-state index contributed by atoms with van der Waals surface area (Å²) >= 11 is 0. The van der Waals surface area contributed by atoms with E-state index < -0.39 is 27.4 Å². The number of hydrazone groups is 1. The molecule has 0 saturated carbocycles. The molecule has 0 aromatic heterocycles. The topological polar surface area (TPSA) is 140 Å². The minimum absolute atomic E-state index is 0.116. The quantitative estimate of drug-likeness (QED) is 0.349. The van der Waals surface area contributed by atoms with Gasteiger partial charge in [0, 0.05) is 23.8 Å². The van der Waals surface area contributed by atoms with Crippen LogP contribution in [0, 0.1) is 10.1 Å². The number of nitrogens with one attached hydrogen (secondary N) is 1. The van der Waals surface area contributed by atoms with Crippen LogP contribution in [0.25, 0.3) is 0 Å². The Labute approximate surface area is 179 Å². The van der Waals surface area contributed by atoms with E-state index >= 15 is 0 Å². The number of sulfonamides is 1. The van der Waals surface area contributed by atoms with Gasteiger partial charge in [-0.25, -0.2) is 13.8 Å². The normalized spacial score (nSPS) is 11.5. The number of methoxy groups -OCH3 is 2. The highest BCUT2D eigenvalue weighted by atomic mass is 32.2. The summed E-state index contributed by atoms with van der Waals surface area (Å²) < 4.78 is 35.7. The molecule has 11 nitrogen and oxygen atoms in total. The van der Waals surface area contributed by atoms with E-state index in [1.54, 1.807) is 13.0 Å². The summed E-state index contributed by atoms with van der Waals surface area (Å²) in [5, 5.41) is 14.8. The number of hydrogen-bond donors (Lipinski definition) is 1. The van der Waals surface area contributed by atoms with E-state index in [2.05, 4.69) is 10.5 Å². The Morgan fingerprint density at radius 2 is 1.84 bits per heavy atom. The molecule has 31 heavy (non-hydrogen) atoms. The van der Waals surface area contributed by atoms with Gasteiger partial charge in [0.1, 0.15) is 6.54 Å². The van der Waals surface area contributed by atoms with Gasteiger partial charge in [0.15, 0.2) is 11.5 Å². The van der Waals surface area contributed by atoms with Crippen LogP contribution in [0.4, 0.5) is 11.4 Å². The van der Waals surface area contributed by atoms with Gasteiger partial charge in [0.2, 0.25) is 10.0 Å². The smallest absolute Gasteiger partial charge is 0.270 e. The van der Waals surface area contributed by atoms with E-state index in [9.17, 15) is 23.3 Å². The first kappa shape index (κ1) is 23.6. The summed E-state index contributed by atoms with van der Waals surface area (Å²) in [6.07, 6.45) is 0.967. The van der Waals surface area contributed by atoms with E-state index in [1.807, 2.05) is 0 Å². The van der Waals surface area contributed by atoms with Crippen LogP contribution >= 0.6 is 0 Å². The molecule has 0 bridgehead atoms. The molecule has 2 aromatic rings. The first-order chi connectivity index (χ1) is 14.6. The van der Waals surface area contributed by atoms with Crippen LogP contribution in [0.2, 0.25) is 0 Å². The summed E-state index contributed by atoms with van der Waals surface area (Å²) in [5.41, 5.74) is 3.11. The van der Waals surface area contributed by atoms with Crippen molar-refractivity contribution in [2.75, 3.05) is 31.3 Å². The third-order valence-corrected chi connectivity index (χ3v) is 5.31. The summed E-state index contributed by atoms with van der Waals surface area (Å²) in [6, 6.07) is 10.2. The molecular weight excluding hydrogens is 428 g/mol. The molecule has 0 aliphatic heterocycles. The Bertz CT molecular complexity index is 1120. The molecule has 1 N–H and O–H groups in total. The monoisotopic (exact) mass is 450 g/mol. The average Bonchev–Trinajstić information content (AvgIpc) is 2.74. The van der Waals surface area contributed by atoms with Crippen LogP contribution in [0.1, 0.15) is 12.5 Å². The molecule has 0 heterocycles. The average molecular weight is 450 g/mol. The predicted octanol–water partition coefficient (Wildman–Crippen LogP) is 1.92. The molecule has 0 fully saturated rings. The first-order valence-corrected chi connectivity index (χ1v) is 10.7. The lowest BCUT2D eigenvalue weighted by Crippen LogP contribution is -2.39. The van der Waals surface area contributed by atoms with Crippen molar-refractivity contribution in [3.63, 3.8) is 0 Å². The number of benzene rings is 2. The van der Waals surface area contributed by atoms with Gasteiger partial charge in [-0.3, -0.25) is 19.2 Å². The predicted molar refractivity (Wildman–Crippen MR) is 115 cm³/mol. The van der Waals surface area contributed by atoms with Crippen molar-refractivity contribution < 1.29 is 27.6 Å². The number of rotatable bonds is 9. The van der Waals surface area contributed by atoms with Crippen LogP contribution in [0.15, 0.2) is 47.6 Å². The summed E-state index contributed by atoms with van der Waals surface area (Å²) in [6.45, 7) is 1.02. The Morgan fingerprint density at radius 1 is 1.16 bits per heavy atom. The Morgan fingerprint density at radius 3 is 2.42 bits per heavy atom. The molecule has 12 heteroatoms. The number of carbonyl (C=O) groups is 1.